The van der Waals surface area contributed by atoms with E-state index in [0.717, 1.165) is 11.1 Å². The highest BCUT2D eigenvalue weighted by molar-refractivity contribution is 5.91. The zero-order valence-corrected chi connectivity index (χ0v) is 23.2. The molecule has 16 heteroatoms. The molecular weight excluding hydrogens is 593 g/mol. The van der Waals surface area contributed by atoms with Crippen LogP contribution in [0, 0.1) is 0 Å². The van der Waals surface area contributed by atoms with E-state index in [1.54, 1.807) is 0 Å². The minimum Gasteiger partial charge on any atom is -0.481 e. The van der Waals surface area contributed by atoms with Crippen LogP contribution in [0.2, 0.25) is 0 Å². The number of halogens is 3. The van der Waals surface area contributed by atoms with E-state index < -0.39 is 54.5 Å². The molecule has 2 atom stereocenters. The molecule has 13 nitrogen and oxygen atoms in total. The molecule has 3 amide bonds. The number of carboxylic acids is 2. The number of hydrogen-bond donors (Lipinski definition) is 4. The standard InChI is InChI=1S/C26H30N4O7.C2HF3O2/c31-17-21(13-24(33)34)27-23(32)16-30-12-11-29(14-19-7-3-1-4-8-19)15-22(25(30)35)28-26(36)37-18-20-9-5-2-6-10-20;3-2(4,5)1(6)7/h1-10,17,21-22H,11-16,18H2,(H,27,32)(H,28,36)(H,33,34);(H,6,7)/t21?,22-;/m0./s1. The van der Waals surface area contributed by atoms with Crippen LogP contribution in [0.4, 0.5) is 18.0 Å². The van der Waals surface area contributed by atoms with Crippen molar-refractivity contribution in [3.63, 3.8) is 0 Å². The van der Waals surface area contributed by atoms with Crippen molar-refractivity contribution >= 4 is 36.1 Å². The molecule has 238 valence electrons. The Morgan fingerprint density at radius 2 is 1.55 bits per heavy atom. The smallest absolute Gasteiger partial charge is 0.481 e. The summed E-state index contributed by atoms with van der Waals surface area (Å²) in [5, 5.41) is 20.9. The zero-order chi connectivity index (χ0) is 32.7. The summed E-state index contributed by atoms with van der Waals surface area (Å²) in [5.74, 6) is -5.15. The first-order valence-electron chi connectivity index (χ1n) is 13.1. The van der Waals surface area contributed by atoms with Crippen molar-refractivity contribution in [2.75, 3.05) is 26.2 Å². The van der Waals surface area contributed by atoms with E-state index >= 15 is 0 Å². The summed E-state index contributed by atoms with van der Waals surface area (Å²) in [6.45, 7) is 0.987. The molecule has 1 unspecified atom stereocenters. The van der Waals surface area contributed by atoms with Crippen molar-refractivity contribution in [2.24, 2.45) is 0 Å². The van der Waals surface area contributed by atoms with Crippen LogP contribution in [-0.4, -0.2) is 101 Å². The van der Waals surface area contributed by atoms with Gasteiger partial charge in [-0.15, -0.1) is 0 Å². The number of carboxylic acid groups (broad SMARTS) is 2. The second-order valence-corrected chi connectivity index (χ2v) is 9.45. The number of aliphatic carboxylic acids is 2. The Morgan fingerprint density at radius 1 is 0.977 bits per heavy atom. The van der Waals surface area contributed by atoms with E-state index in [1.165, 1.54) is 4.90 Å². The van der Waals surface area contributed by atoms with Gasteiger partial charge in [0.15, 0.2) is 0 Å². The van der Waals surface area contributed by atoms with Gasteiger partial charge in [-0.05, 0) is 11.1 Å². The van der Waals surface area contributed by atoms with Gasteiger partial charge in [0.1, 0.15) is 18.9 Å². The molecule has 4 N–H and O–H groups in total. The minimum atomic E-state index is -5.08. The Kier molecular flexibility index (Phi) is 13.8. The van der Waals surface area contributed by atoms with Crippen molar-refractivity contribution in [1.82, 2.24) is 20.4 Å². The van der Waals surface area contributed by atoms with E-state index in [2.05, 4.69) is 10.6 Å². The zero-order valence-electron chi connectivity index (χ0n) is 23.2. The highest BCUT2D eigenvalue weighted by Gasteiger charge is 2.38. The van der Waals surface area contributed by atoms with Crippen LogP contribution >= 0.6 is 0 Å². The van der Waals surface area contributed by atoms with Crippen molar-refractivity contribution in [2.45, 2.75) is 37.8 Å². The third-order valence-electron chi connectivity index (χ3n) is 5.97. The summed E-state index contributed by atoms with van der Waals surface area (Å²) >= 11 is 0. The Bertz CT molecular complexity index is 1280. The molecule has 1 fully saturated rings. The van der Waals surface area contributed by atoms with Crippen LogP contribution in [0.1, 0.15) is 17.5 Å². The summed E-state index contributed by atoms with van der Waals surface area (Å²) in [6.07, 6.45) is -6.08. The summed E-state index contributed by atoms with van der Waals surface area (Å²) < 4.78 is 37.0. The normalized spacial score (nSPS) is 15.9. The van der Waals surface area contributed by atoms with Gasteiger partial charge in [-0.3, -0.25) is 19.3 Å². The van der Waals surface area contributed by atoms with E-state index in [-0.39, 0.29) is 26.2 Å². The van der Waals surface area contributed by atoms with Crippen LogP contribution < -0.4 is 10.6 Å². The monoisotopic (exact) mass is 624 g/mol. The molecule has 1 aliphatic heterocycles. The largest absolute Gasteiger partial charge is 0.490 e. The Balaban J connectivity index is 0.000000860. The van der Waals surface area contributed by atoms with Crippen LogP contribution in [0.3, 0.4) is 0 Å². The molecule has 0 bridgehead atoms. The summed E-state index contributed by atoms with van der Waals surface area (Å²) in [5.41, 5.74) is 1.81. The number of hydrogen-bond acceptors (Lipinski definition) is 8. The molecule has 0 saturated carbocycles. The lowest BCUT2D eigenvalue weighted by Gasteiger charge is -2.24. The average Bonchev–Trinajstić information content (AvgIpc) is 3.10. The summed E-state index contributed by atoms with van der Waals surface area (Å²) in [7, 11) is 0. The number of amides is 3. The fourth-order valence-corrected chi connectivity index (χ4v) is 3.92. The minimum absolute atomic E-state index is 0.0318. The van der Waals surface area contributed by atoms with Gasteiger partial charge < -0.3 is 35.3 Å². The van der Waals surface area contributed by atoms with E-state index in [1.807, 2.05) is 65.6 Å². The molecule has 0 aliphatic carbocycles. The lowest BCUT2D eigenvalue weighted by Crippen LogP contribution is -2.53. The maximum Gasteiger partial charge on any atom is 0.490 e. The van der Waals surface area contributed by atoms with Gasteiger partial charge in [0.25, 0.3) is 0 Å². The van der Waals surface area contributed by atoms with Crippen molar-refractivity contribution in [3.8, 4) is 0 Å². The van der Waals surface area contributed by atoms with Crippen LogP contribution in [0.15, 0.2) is 60.7 Å². The predicted molar refractivity (Wildman–Crippen MR) is 146 cm³/mol. The van der Waals surface area contributed by atoms with Gasteiger partial charge in [-0.2, -0.15) is 13.2 Å². The number of alkyl halides is 3. The molecule has 0 aromatic heterocycles. The molecule has 2 aromatic carbocycles. The molecule has 1 aliphatic rings. The predicted octanol–water partition coefficient (Wildman–Crippen LogP) is 1.42. The molecule has 1 heterocycles. The average molecular weight is 625 g/mol. The van der Waals surface area contributed by atoms with E-state index in [9.17, 15) is 37.1 Å². The lowest BCUT2D eigenvalue weighted by atomic mass is 10.2. The van der Waals surface area contributed by atoms with Crippen molar-refractivity contribution in [1.29, 1.82) is 0 Å². The Hall–Kier alpha value is -4.99. The fourth-order valence-electron chi connectivity index (χ4n) is 3.92. The number of nitrogens with zero attached hydrogens (tertiary/aromatic N) is 2. The van der Waals surface area contributed by atoms with E-state index in [4.69, 9.17) is 19.7 Å². The highest BCUT2D eigenvalue weighted by Crippen LogP contribution is 2.13. The summed E-state index contributed by atoms with van der Waals surface area (Å²) in [6, 6.07) is 16.5. The topological polar surface area (TPSA) is 183 Å². The van der Waals surface area contributed by atoms with Gasteiger partial charge in [-0.25, -0.2) is 9.59 Å². The lowest BCUT2D eigenvalue weighted by molar-refractivity contribution is -0.192. The number of benzene rings is 2. The van der Waals surface area contributed by atoms with Crippen molar-refractivity contribution in [3.05, 3.63) is 71.8 Å². The van der Waals surface area contributed by atoms with Gasteiger partial charge in [0, 0.05) is 26.2 Å². The highest BCUT2D eigenvalue weighted by atomic mass is 19.4. The molecule has 1 saturated heterocycles. The summed E-state index contributed by atoms with van der Waals surface area (Å²) in [4.78, 5) is 72.5. The number of nitrogens with one attached hydrogen (secondary N) is 2. The fraction of sp³-hybridized carbons (Fsp3) is 0.357. The first-order chi connectivity index (χ1) is 20.8. The van der Waals surface area contributed by atoms with E-state index in [0.29, 0.717) is 19.4 Å². The number of carbonyl (C=O) groups is 6. The Labute approximate surface area is 249 Å². The van der Waals surface area contributed by atoms with Gasteiger partial charge in [-0.1, -0.05) is 60.7 Å². The molecule has 3 rings (SSSR count). The number of aldehydes is 1. The van der Waals surface area contributed by atoms with Crippen molar-refractivity contribution < 1.29 is 56.9 Å². The first-order valence-corrected chi connectivity index (χ1v) is 13.1. The third-order valence-corrected chi connectivity index (χ3v) is 5.97. The molecule has 2 aromatic rings. The molecule has 0 radical (unpaired) electrons. The van der Waals surface area contributed by atoms with Crippen LogP contribution in [0.25, 0.3) is 0 Å². The quantitative estimate of drug-likeness (QED) is 0.267. The molecule has 44 heavy (non-hydrogen) atoms. The maximum atomic E-state index is 13.3. The van der Waals surface area contributed by atoms with Gasteiger partial charge >= 0.3 is 24.2 Å². The number of rotatable bonds is 11. The van der Waals surface area contributed by atoms with Gasteiger partial charge in [0.05, 0.1) is 19.0 Å². The third kappa shape index (κ3) is 12.9. The second kappa shape index (κ2) is 17.2. The Morgan fingerprint density at radius 3 is 2.07 bits per heavy atom. The molecular formula is C28H31F3N4O9. The van der Waals surface area contributed by atoms with Crippen LogP contribution in [0.5, 0.6) is 0 Å². The SMILES string of the molecule is O=C(O)C(F)(F)F.O=CC(CC(=O)O)NC(=O)CN1CCN(Cc2ccccc2)C[C@H](NC(=O)OCc2ccccc2)C1=O. The van der Waals surface area contributed by atoms with Crippen LogP contribution in [-0.2, 0) is 41.9 Å². The maximum absolute atomic E-state index is 13.3. The number of ether oxygens (including phenoxy) is 1. The second-order valence-electron chi connectivity index (χ2n) is 9.45. The number of carbonyl (C=O) groups excluding carboxylic acids is 4. The number of alkyl carbamates (subject to hydrolysis) is 1. The molecule has 0 spiro atoms. The first kappa shape index (κ1) is 35.2. The van der Waals surface area contributed by atoms with Gasteiger partial charge in [0.2, 0.25) is 11.8 Å².